The highest BCUT2D eigenvalue weighted by atomic mass is 28.4. The van der Waals surface area contributed by atoms with Gasteiger partial charge < -0.3 is 13.6 Å². The molecule has 0 unspecified atom stereocenters. The van der Waals surface area contributed by atoms with Gasteiger partial charge in [-0.3, -0.25) is 4.79 Å². The zero-order chi connectivity index (χ0) is 21.4. The van der Waals surface area contributed by atoms with Crippen molar-refractivity contribution in [2.75, 3.05) is 0 Å². The highest BCUT2D eigenvalue weighted by Crippen LogP contribution is 2.47. The molecule has 8 heteroatoms. The molecule has 1 aliphatic heterocycles. The summed E-state index contributed by atoms with van der Waals surface area (Å²) >= 11 is 0. The molecule has 1 aromatic heterocycles. The molecule has 2 rings (SSSR count). The van der Waals surface area contributed by atoms with E-state index in [2.05, 4.69) is 46.5 Å². The predicted octanol–water partition coefficient (Wildman–Crippen LogP) is 5.05. The number of nitrogens with zero attached hydrogens (tertiary/aromatic N) is 2. The van der Waals surface area contributed by atoms with Crippen LogP contribution in [0.3, 0.4) is 0 Å². The molecule has 7 nitrogen and oxygen atoms in total. The second-order valence-electron chi connectivity index (χ2n) is 9.40. The van der Waals surface area contributed by atoms with Crippen LogP contribution in [0.15, 0.2) is 17.1 Å². The monoisotopic (exact) mass is 410 g/mol. The quantitative estimate of drug-likeness (QED) is 0.482. The first-order valence-electron chi connectivity index (χ1n) is 9.94. The van der Waals surface area contributed by atoms with Crippen molar-refractivity contribution < 1.29 is 23.2 Å². The third kappa shape index (κ3) is 4.03. The van der Waals surface area contributed by atoms with Crippen molar-refractivity contribution in [3.05, 3.63) is 18.4 Å². The lowest BCUT2D eigenvalue weighted by Gasteiger charge is -2.51. The number of ether oxygens (including phenoxy) is 1. The number of likely N-dealkylation sites (tertiary alicyclic amines) is 1. The van der Waals surface area contributed by atoms with Gasteiger partial charge in [0, 0.05) is 0 Å². The van der Waals surface area contributed by atoms with E-state index in [4.69, 9.17) is 13.6 Å². The van der Waals surface area contributed by atoms with Crippen LogP contribution in [0, 0.1) is 0 Å². The van der Waals surface area contributed by atoms with Crippen LogP contribution in [-0.4, -0.2) is 41.9 Å². The van der Waals surface area contributed by atoms with E-state index in [1.807, 2.05) is 0 Å². The molecule has 1 saturated heterocycles. The van der Waals surface area contributed by atoms with Gasteiger partial charge in [-0.1, -0.05) is 41.5 Å². The van der Waals surface area contributed by atoms with Crippen LogP contribution in [0.1, 0.15) is 74.0 Å². The molecule has 0 aliphatic carbocycles. The van der Waals surface area contributed by atoms with Gasteiger partial charge in [0.1, 0.15) is 23.6 Å². The molecule has 1 fully saturated rings. The van der Waals surface area contributed by atoms with Gasteiger partial charge >= 0.3 is 6.09 Å². The van der Waals surface area contributed by atoms with E-state index in [1.54, 1.807) is 20.8 Å². The van der Waals surface area contributed by atoms with Gasteiger partial charge in [0.2, 0.25) is 8.32 Å². The Morgan fingerprint density at radius 2 is 1.68 bits per heavy atom. The summed E-state index contributed by atoms with van der Waals surface area (Å²) in [6.45, 7) is 18.3. The number of β-lactam (4-membered cyclic amide) rings is 1. The van der Waals surface area contributed by atoms with Crippen molar-refractivity contribution in [2.24, 2.45) is 0 Å². The predicted molar refractivity (Wildman–Crippen MR) is 108 cm³/mol. The molecule has 2 heterocycles. The fraction of sp³-hybridized carbons (Fsp3) is 0.750. The van der Waals surface area contributed by atoms with Crippen LogP contribution >= 0.6 is 0 Å². The van der Waals surface area contributed by atoms with Crippen molar-refractivity contribution in [3.8, 4) is 0 Å². The highest BCUT2D eigenvalue weighted by molar-refractivity contribution is 6.77. The molecule has 1 aromatic rings. The minimum Gasteiger partial charge on any atom is -0.451 e. The van der Waals surface area contributed by atoms with E-state index >= 15 is 0 Å². The fourth-order valence-electron chi connectivity index (χ4n) is 4.38. The molecular formula is C20H34N2O5Si. The maximum absolute atomic E-state index is 13.0. The van der Waals surface area contributed by atoms with E-state index in [-0.39, 0.29) is 5.91 Å². The van der Waals surface area contributed by atoms with Gasteiger partial charge in [-0.25, -0.2) is 14.7 Å². The number of imide groups is 1. The molecule has 0 N–H and O–H groups in total. The van der Waals surface area contributed by atoms with Crippen molar-refractivity contribution in [1.29, 1.82) is 0 Å². The molecular weight excluding hydrogens is 376 g/mol. The summed E-state index contributed by atoms with van der Waals surface area (Å²) in [6.07, 6.45) is 1.31. The summed E-state index contributed by atoms with van der Waals surface area (Å²) in [4.78, 5) is 30.9. The zero-order valence-corrected chi connectivity index (χ0v) is 19.5. The Kier molecular flexibility index (Phi) is 6.45. The van der Waals surface area contributed by atoms with Crippen molar-refractivity contribution in [1.82, 2.24) is 9.88 Å². The van der Waals surface area contributed by atoms with Crippen LogP contribution in [0.25, 0.3) is 0 Å². The van der Waals surface area contributed by atoms with Crippen molar-refractivity contribution >= 4 is 20.3 Å². The molecule has 0 aromatic carbocycles. The van der Waals surface area contributed by atoms with Gasteiger partial charge in [0.05, 0.1) is 0 Å². The summed E-state index contributed by atoms with van der Waals surface area (Å²) in [5.41, 5.74) is 0.732. The number of carbonyl (C=O) groups is 2. The maximum Gasteiger partial charge on any atom is 0.417 e. The molecule has 2 amide bonds. The average Bonchev–Trinajstić information content (AvgIpc) is 3.03. The molecule has 0 radical (unpaired) electrons. The van der Waals surface area contributed by atoms with Gasteiger partial charge in [-0.05, 0) is 37.4 Å². The van der Waals surface area contributed by atoms with E-state index in [1.165, 1.54) is 12.7 Å². The number of aromatic nitrogens is 1. The molecule has 0 spiro atoms. The summed E-state index contributed by atoms with van der Waals surface area (Å²) in [5.74, 6) is -0.374. The Labute approximate surface area is 168 Å². The van der Waals surface area contributed by atoms with Gasteiger partial charge in [0.15, 0.2) is 12.5 Å². The molecule has 2 atom stereocenters. The number of carbonyl (C=O) groups excluding carboxylic acids is 2. The minimum atomic E-state index is -2.33. The third-order valence-electron chi connectivity index (χ3n) is 5.43. The van der Waals surface area contributed by atoms with Gasteiger partial charge in [-0.2, -0.15) is 0 Å². The first-order valence-corrected chi connectivity index (χ1v) is 12.1. The lowest BCUT2D eigenvalue weighted by atomic mass is 9.96. The smallest absolute Gasteiger partial charge is 0.417 e. The SMILES string of the molecule is CC(C)[Si](O[C@H]1C(=O)N(C(=O)OC(C)(C)C)[C@H]1c1cocn1)(C(C)C)C(C)C. The summed E-state index contributed by atoms with van der Waals surface area (Å²) in [6, 6.07) is -0.635. The van der Waals surface area contributed by atoms with Crippen LogP contribution in [0.4, 0.5) is 4.79 Å². The molecule has 0 saturated carbocycles. The Morgan fingerprint density at radius 3 is 2.07 bits per heavy atom. The third-order valence-corrected chi connectivity index (χ3v) is 11.5. The van der Waals surface area contributed by atoms with Gasteiger partial charge in [0.25, 0.3) is 5.91 Å². The number of oxazole rings is 1. The number of amides is 2. The highest BCUT2D eigenvalue weighted by Gasteiger charge is 2.59. The van der Waals surface area contributed by atoms with Crippen LogP contribution in [0.2, 0.25) is 16.6 Å². The first-order chi connectivity index (χ1) is 12.8. The number of hydrogen-bond donors (Lipinski definition) is 0. The minimum absolute atomic E-state index is 0.314. The normalized spacial score (nSPS) is 20.9. The summed E-state index contributed by atoms with van der Waals surface area (Å²) in [7, 11) is -2.33. The second-order valence-corrected chi connectivity index (χ2v) is 14.8. The Hall–Kier alpha value is -1.67. The topological polar surface area (TPSA) is 81.9 Å². The van der Waals surface area contributed by atoms with E-state index in [9.17, 15) is 9.59 Å². The van der Waals surface area contributed by atoms with Crippen LogP contribution in [-0.2, 0) is 14.0 Å². The lowest BCUT2D eigenvalue weighted by molar-refractivity contribution is -0.163. The number of hydrogen-bond acceptors (Lipinski definition) is 6. The Balaban J connectivity index is 2.38. The van der Waals surface area contributed by atoms with E-state index < -0.39 is 32.2 Å². The standard InChI is InChI=1S/C20H34N2O5Si/c1-12(2)28(13(3)4,14(5)6)27-17-16(15-10-25-11-21-15)22(18(17)23)19(24)26-20(7,8)9/h10-14,16-17H,1-9H3/t16-,17+/m0/s1. The summed E-state index contributed by atoms with van der Waals surface area (Å²) in [5, 5.41) is 0. The lowest BCUT2D eigenvalue weighted by Crippen LogP contribution is -2.66. The largest absolute Gasteiger partial charge is 0.451 e. The average molecular weight is 411 g/mol. The Morgan fingerprint density at radius 1 is 1.14 bits per heavy atom. The summed E-state index contributed by atoms with van der Waals surface area (Å²) < 4.78 is 17.2. The maximum atomic E-state index is 13.0. The van der Waals surface area contributed by atoms with Crippen molar-refractivity contribution in [2.45, 2.75) is 96.7 Å². The van der Waals surface area contributed by atoms with E-state index in [0.29, 0.717) is 22.3 Å². The molecule has 28 heavy (non-hydrogen) atoms. The van der Waals surface area contributed by atoms with Crippen LogP contribution in [0.5, 0.6) is 0 Å². The molecule has 1 aliphatic rings. The first kappa shape index (κ1) is 22.6. The van der Waals surface area contributed by atoms with Crippen LogP contribution < -0.4 is 0 Å². The zero-order valence-electron chi connectivity index (χ0n) is 18.5. The Bertz CT molecular complexity index is 672. The second kappa shape index (κ2) is 7.98. The molecule has 158 valence electrons. The van der Waals surface area contributed by atoms with Crippen molar-refractivity contribution in [3.63, 3.8) is 0 Å². The number of rotatable bonds is 6. The van der Waals surface area contributed by atoms with E-state index in [0.717, 1.165) is 4.90 Å². The molecule has 0 bridgehead atoms. The fourth-order valence-corrected chi connectivity index (χ4v) is 9.86. The van der Waals surface area contributed by atoms with Gasteiger partial charge in [-0.15, -0.1) is 0 Å².